The summed E-state index contributed by atoms with van der Waals surface area (Å²) in [5.74, 6) is 0. The molecule has 0 aliphatic rings. The normalized spacial score (nSPS) is 10.7. The van der Waals surface area contributed by atoms with Gasteiger partial charge in [0.2, 0.25) is 4.67 Å². The van der Waals surface area contributed by atoms with Crippen molar-refractivity contribution < 1.29 is 4.52 Å². The average Bonchev–Trinajstić information content (AvgIpc) is 2.52. The monoisotopic (exact) mass is 369 g/mol. The number of rotatable bonds is 1. The van der Waals surface area contributed by atoms with Crippen LogP contribution in [-0.2, 0) is 0 Å². The van der Waals surface area contributed by atoms with Crippen LogP contribution in [0.25, 0.3) is 11.3 Å². The second-order valence-corrected chi connectivity index (χ2v) is 5.10. The summed E-state index contributed by atoms with van der Waals surface area (Å²) in [5.41, 5.74) is 1.35. The van der Waals surface area contributed by atoms with Gasteiger partial charge < -0.3 is 4.52 Å². The third-order valence-electron chi connectivity index (χ3n) is 1.78. The van der Waals surface area contributed by atoms with Crippen molar-refractivity contribution in [2.24, 2.45) is 0 Å². The summed E-state index contributed by atoms with van der Waals surface area (Å²) in [6.07, 6.45) is 0. The van der Waals surface area contributed by atoms with E-state index in [0.29, 0.717) is 24.9 Å². The summed E-state index contributed by atoms with van der Waals surface area (Å²) < 4.78 is 6.20. The smallest absolute Gasteiger partial charge is 0.216 e. The van der Waals surface area contributed by atoms with Crippen molar-refractivity contribution in [1.82, 2.24) is 5.16 Å². The van der Waals surface area contributed by atoms with Crippen LogP contribution in [0.4, 0.5) is 0 Å². The highest BCUT2D eigenvalue weighted by atomic mass is 79.9. The summed E-state index contributed by atoms with van der Waals surface area (Å²) in [4.78, 5) is 0. The van der Waals surface area contributed by atoms with E-state index in [9.17, 15) is 0 Å². The minimum absolute atomic E-state index is 0.522. The van der Waals surface area contributed by atoms with E-state index in [1.165, 1.54) is 0 Å². The Morgan fingerprint density at radius 3 is 2.53 bits per heavy atom. The Morgan fingerprint density at radius 1 is 1.20 bits per heavy atom. The molecule has 0 spiro atoms. The highest BCUT2D eigenvalue weighted by Gasteiger charge is 2.15. The number of hydrogen-bond donors (Lipinski definition) is 0. The number of aromatic nitrogens is 1. The molecule has 0 saturated heterocycles. The van der Waals surface area contributed by atoms with Crippen LogP contribution in [0.3, 0.4) is 0 Å². The molecule has 2 aromatic rings. The number of halogens is 4. The molecule has 6 heteroatoms. The molecule has 0 unspecified atom stereocenters. The van der Waals surface area contributed by atoms with Crippen LogP contribution in [0.15, 0.2) is 31.9 Å². The molecule has 0 fully saturated rings. The summed E-state index contributed by atoms with van der Waals surface area (Å²) in [6.45, 7) is 0. The van der Waals surface area contributed by atoms with Crippen LogP contribution < -0.4 is 0 Å². The highest BCUT2D eigenvalue weighted by Crippen LogP contribution is 2.37. The molecule has 1 aromatic carbocycles. The molecule has 0 aliphatic carbocycles. The van der Waals surface area contributed by atoms with E-state index in [1.807, 2.05) is 0 Å². The second kappa shape index (κ2) is 4.45. The van der Waals surface area contributed by atoms with Gasteiger partial charge in [-0.3, -0.25) is 0 Å². The summed E-state index contributed by atoms with van der Waals surface area (Å²) in [6, 6.07) is 5.17. The third-order valence-corrected chi connectivity index (χ3v) is 4.15. The van der Waals surface area contributed by atoms with Gasteiger partial charge in [-0.15, -0.1) is 0 Å². The predicted molar refractivity (Wildman–Crippen MR) is 67.4 cm³/mol. The second-order valence-electron chi connectivity index (χ2n) is 2.74. The number of nitrogens with zero attached hydrogens (tertiary/aromatic N) is 1. The molecule has 0 aliphatic heterocycles. The van der Waals surface area contributed by atoms with E-state index >= 15 is 0 Å². The van der Waals surface area contributed by atoms with Gasteiger partial charge in [-0.2, -0.15) is 0 Å². The molecule has 0 saturated carbocycles. The molecule has 0 atom stereocenters. The predicted octanol–water partition coefficient (Wildman–Crippen LogP) is 5.17. The zero-order valence-corrected chi connectivity index (χ0v) is 11.8. The van der Waals surface area contributed by atoms with Crippen molar-refractivity contribution in [3.05, 3.63) is 37.4 Å². The average molecular weight is 372 g/mol. The van der Waals surface area contributed by atoms with Crippen LogP contribution in [0.5, 0.6) is 0 Å². The standard InChI is InChI=1S/C9H3Br2Cl2NO/c10-7-8(14-15-9(7)11)5-3-4(12)1-2-6(5)13/h1-3H. The summed E-state index contributed by atoms with van der Waals surface area (Å²) >= 11 is 18.5. The zero-order chi connectivity index (χ0) is 11.0. The molecule has 15 heavy (non-hydrogen) atoms. The van der Waals surface area contributed by atoms with Crippen LogP contribution in [0.2, 0.25) is 10.0 Å². The van der Waals surface area contributed by atoms with Crippen LogP contribution in [-0.4, -0.2) is 5.16 Å². The lowest BCUT2D eigenvalue weighted by molar-refractivity contribution is 0.401. The number of benzene rings is 1. The molecule has 2 nitrogen and oxygen atoms in total. The first-order valence-corrected chi connectivity index (χ1v) is 6.20. The Kier molecular flexibility index (Phi) is 3.40. The Bertz CT molecular complexity index is 513. The molecule has 0 radical (unpaired) electrons. The fourth-order valence-corrected chi connectivity index (χ4v) is 2.10. The maximum atomic E-state index is 6.04. The maximum absolute atomic E-state index is 6.04. The van der Waals surface area contributed by atoms with E-state index in [4.69, 9.17) is 27.7 Å². The van der Waals surface area contributed by atoms with Gasteiger partial charge in [0.25, 0.3) is 0 Å². The largest absolute Gasteiger partial charge is 0.347 e. The molecular weight excluding hydrogens is 369 g/mol. The maximum Gasteiger partial charge on any atom is 0.216 e. The van der Waals surface area contributed by atoms with E-state index in [1.54, 1.807) is 18.2 Å². The van der Waals surface area contributed by atoms with E-state index in [0.717, 1.165) is 5.56 Å². The molecule has 1 aromatic heterocycles. The Labute approximate surface area is 113 Å². The summed E-state index contributed by atoms with van der Waals surface area (Å²) in [5, 5.41) is 5.04. The lowest BCUT2D eigenvalue weighted by Crippen LogP contribution is -1.80. The van der Waals surface area contributed by atoms with Crippen molar-refractivity contribution in [2.45, 2.75) is 0 Å². The first kappa shape index (κ1) is 11.5. The van der Waals surface area contributed by atoms with Crippen LogP contribution in [0.1, 0.15) is 0 Å². The molecule has 0 bridgehead atoms. The van der Waals surface area contributed by atoms with Crippen LogP contribution in [0, 0.1) is 0 Å². The molecule has 0 amide bonds. The summed E-state index contributed by atoms with van der Waals surface area (Å²) in [7, 11) is 0. The first-order valence-electron chi connectivity index (χ1n) is 3.85. The fourth-order valence-electron chi connectivity index (χ4n) is 1.11. The Balaban J connectivity index is 2.63. The van der Waals surface area contributed by atoms with Crippen molar-refractivity contribution in [3.8, 4) is 11.3 Å². The van der Waals surface area contributed by atoms with Gasteiger partial charge in [-0.25, -0.2) is 0 Å². The van der Waals surface area contributed by atoms with Gasteiger partial charge in [-0.1, -0.05) is 28.4 Å². The molecule has 2 rings (SSSR count). The van der Waals surface area contributed by atoms with Gasteiger partial charge in [0.1, 0.15) is 10.2 Å². The quantitative estimate of drug-likeness (QED) is 0.690. The zero-order valence-electron chi connectivity index (χ0n) is 7.10. The van der Waals surface area contributed by atoms with Gasteiger partial charge in [0.15, 0.2) is 0 Å². The van der Waals surface area contributed by atoms with Gasteiger partial charge in [-0.05, 0) is 50.1 Å². The first-order chi connectivity index (χ1) is 7.09. The SMILES string of the molecule is Clc1ccc(Cl)c(-c2noc(Br)c2Br)c1. The minimum Gasteiger partial charge on any atom is -0.347 e. The van der Waals surface area contributed by atoms with Gasteiger partial charge >= 0.3 is 0 Å². The van der Waals surface area contributed by atoms with E-state index in [2.05, 4.69) is 37.0 Å². The van der Waals surface area contributed by atoms with E-state index in [-0.39, 0.29) is 0 Å². The van der Waals surface area contributed by atoms with Crippen LogP contribution >= 0.6 is 55.1 Å². The Morgan fingerprint density at radius 2 is 1.93 bits per heavy atom. The molecule has 0 N–H and O–H groups in total. The Hall–Kier alpha value is -0.0300. The molecule has 78 valence electrons. The third kappa shape index (κ3) is 2.23. The molecular formula is C9H3Br2Cl2NO. The topological polar surface area (TPSA) is 26.0 Å². The van der Waals surface area contributed by atoms with Crippen molar-refractivity contribution in [1.29, 1.82) is 0 Å². The highest BCUT2D eigenvalue weighted by molar-refractivity contribution is 9.13. The van der Waals surface area contributed by atoms with Crippen molar-refractivity contribution in [2.75, 3.05) is 0 Å². The van der Waals surface area contributed by atoms with Crippen molar-refractivity contribution >= 4 is 55.1 Å². The lowest BCUT2D eigenvalue weighted by atomic mass is 10.1. The van der Waals surface area contributed by atoms with E-state index < -0.39 is 0 Å². The van der Waals surface area contributed by atoms with Gasteiger partial charge in [0, 0.05) is 10.6 Å². The fraction of sp³-hybridized carbons (Fsp3) is 0. The van der Waals surface area contributed by atoms with Gasteiger partial charge in [0.05, 0.1) is 5.02 Å². The molecule has 1 heterocycles. The minimum atomic E-state index is 0.522. The number of hydrogen-bond acceptors (Lipinski definition) is 2. The lowest BCUT2D eigenvalue weighted by Gasteiger charge is -2.00. The van der Waals surface area contributed by atoms with Crippen molar-refractivity contribution in [3.63, 3.8) is 0 Å².